The molecule has 0 saturated carbocycles. The molecule has 0 aliphatic rings. The number of hydrogen-bond donors (Lipinski definition) is 1. The molecule has 0 spiro atoms. The van der Waals surface area contributed by atoms with E-state index >= 15 is 0 Å². The second-order valence-electron chi connectivity index (χ2n) is 5.39. The van der Waals surface area contributed by atoms with Gasteiger partial charge in [0.1, 0.15) is 12.4 Å². The Labute approximate surface area is 159 Å². The maximum absolute atomic E-state index is 13.6. The summed E-state index contributed by atoms with van der Waals surface area (Å²) in [5.74, 6) is -0.790. The normalized spacial score (nSPS) is 10.4. The molecule has 27 heavy (non-hydrogen) atoms. The topological polar surface area (TPSA) is 68.5 Å². The standard InChI is InChI=1S/C20H16FNO4S/c21-15-7-2-4-10-18(15)27-13-12-26-20(24)14-6-1-3-8-16(14)22-19(23)17-9-5-11-25-17/h1-11H,12-13H2,(H,22,23). The molecule has 0 atom stereocenters. The SMILES string of the molecule is O=C(Nc1ccccc1C(=O)OCCSc1ccccc1F)c1ccco1. The molecule has 0 saturated heterocycles. The average Bonchev–Trinajstić information content (AvgIpc) is 3.22. The van der Waals surface area contributed by atoms with Crippen molar-refractivity contribution < 1.29 is 23.1 Å². The number of halogens is 1. The van der Waals surface area contributed by atoms with Crippen LogP contribution in [0.2, 0.25) is 0 Å². The molecule has 0 aliphatic carbocycles. The van der Waals surface area contributed by atoms with Crippen molar-refractivity contribution in [2.24, 2.45) is 0 Å². The first-order valence-corrected chi connectivity index (χ1v) is 9.12. The zero-order chi connectivity index (χ0) is 19.1. The van der Waals surface area contributed by atoms with Crippen molar-refractivity contribution in [1.29, 1.82) is 0 Å². The predicted octanol–water partition coefficient (Wildman–Crippen LogP) is 4.62. The Morgan fingerprint density at radius 3 is 2.59 bits per heavy atom. The summed E-state index contributed by atoms with van der Waals surface area (Å²) in [5.41, 5.74) is 0.555. The zero-order valence-electron chi connectivity index (χ0n) is 14.2. The van der Waals surface area contributed by atoms with Crippen molar-refractivity contribution in [3.8, 4) is 0 Å². The van der Waals surface area contributed by atoms with Gasteiger partial charge in [0.15, 0.2) is 5.76 Å². The highest BCUT2D eigenvalue weighted by Gasteiger charge is 2.16. The van der Waals surface area contributed by atoms with Crippen LogP contribution in [0.3, 0.4) is 0 Å². The molecule has 7 heteroatoms. The Bertz CT molecular complexity index is 927. The highest BCUT2D eigenvalue weighted by Crippen LogP contribution is 2.21. The van der Waals surface area contributed by atoms with E-state index < -0.39 is 11.9 Å². The molecular weight excluding hydrogens is 369 g/mol. The summed E-state index contributed by atoms with van der Waals surface area (Å²) >= 11 is 1.26. The third-order valence-corrected chi connectivity index (χ3v) is 4.56. The quantitative estimate of drug-likeness (QED) is 0.365. The molecule has 0 unspecified atom stereocenters. The van der Waals surface area contributed by atoms with Gasteiger partial charge in [0.05, 0.1) is 17.5 Å². The molecular formula is C20H16FNO4S. The number of amides is 1. The molecule has 0 fully saturated rings. The highest BCUT2D eigenvalue weighted by atomic mass is 32.2. The van der Waals surface area contributed by atoms with Crippen LogP contribution in [0.15, 0.2) is 76.2 Å². The maximum Gasteiger partial charge on any atom is 0.340 e. The molecule has 1 heterocycles. The number of carbonyl (C=O) groups is 2. The van der Waals surface area contributed by atoms with Crippen molar-refractivity contribution in [2.75, 3.05) is 17.7 Å². The number of esters is 1. The van der Waals surface area contributed by atoms with Crippen molar-refractivity contribution in [3.05, 3.63) is 84.1 Å². The van der Waals surface area contributed by atoms with E-state index in [1.54, 1.807) is 48.5 Å². The van der Waals surface area contributed by atoms with Crippen LogP contribution in [0, 0.1) is 5.82 Å². The smallest absolute Gasteiger partial charge is 0.340 e. The highest BCUT2D eigenvalue weighted by molar-refractivity contribution is 7.99. The molecule has 0 bridgehead atoms. The number of hydrogen-bond acceptors (Lipinski definition) is 5. The minimum atomic E-state index is -0.570. The first kappa shape index (κ1) is 18.7. The van der Waals surface area contributed by atoms with Gasteiger partial charge >= 0.3 is 5.97 Å². The number of ether oxygens (including phenoxy) is 1. The van der Waals surface area contributed by atoms with Gasteiger partial charge in [-0.15, -0.1) is 11.8 Å². The van der Waals surface area contributed by atoms with Gasteiger partial charge in [-0.25, -0.2) is 9.18 Å². The lowest BCUT2D eigenvalue weighted by Crippen LogP contribution is -2.16. The Morgan fingerprint density at radius 1 is 1.04 bits per heavy atom. The minimum absolute atomic E-state index is 0.109. The molecule has 0 aliphatic heterocycles. The number of carbonyl (C=O) groups excluding carboxylic acids is 2. The summed E-state index contributed by atoms with van der Waals surface area (Å²) in [5, 5.41) is 2.63. The van der Waals surface area contributed by atoms with Gasteiger partial charge in [-0.05, 0) is 36.4 Å². The van der Waals surface area contributed by atoms with Crippen LogP contribution in [0.1, 0.15) is 20.9 Å². The number of nitrogens with one attached hydrogen (secondary N) is 1. The molecule has 3 rings (SSSR count). The fourth-order valence-corrected chi connectivity index (χ4v) is 3.05. The Kier molecular flexibility index (Phi) is 6.27. The minimum Gasteiger partial charge on any atom is -0.461 e. The fraction of sp³-hybridized carbons (Fsp3) is 0.100. The van der Waals surface area contributed by atoms with E-state index in [0.29, 0.717) is 16.3 Å². The molecule has 1 N–H and O–H groups in total. The van der Waals surface area contributed by atoms with E-state index in [1.807, 2.05) is 0 Å². The van der Waals surface area contributed by atoms with Crippen LogP contribution in [0.5, 0.6) is 0 Å². The van der Waals surface area contributed by atoms with Gasteiger partial charge in [-0.1, -0.05) is 24.3 Å². The van der Waals surface area contributed by atoms with E-state index in [0.717, 1.165) is 0 Å². The van der Waals surface area contributed by atoms with Crippen molar-refractivity contribution in [1.82, 2.24) is 0 Å². The first-order valence-electron chi connectivity index (χ1n) is 8.13. The van der Waals surface area contributed by atoms with Gasteiger partial charge in [-0.2, -0.15) is 0 Å². The lowest BCUT2D eigenvalue weighted by atomic mass is 10.1. The molecule has 3 aromatic rings. The van der Waals surface area contributed by atoms with E-state index in [9.17, 15) is 14.0 Å². The summed E-state index contributed by atoms with van der Waals surface area (Å²) in [6.07, 6.45) is 1.39. The van der Waals surface area contributed by atoms with Gasteiger partial charge in [0.2, 0.25) is 0 Å². The second kappa shape index (κ2) is 9.05. The third-order valence-electron chi connectivity index (χ3n) is 3.55. The average molecular weight is 385 g/mol. The van der Waals surface area contributed by atoms with Crippen LogP contribution >= 0.6 is 11.8 Å². The van der Waals surface area contributed by atoms with Gasteiger partial charge < -0.3 is 14.5 Å². The molecule has 5 nitrogen and oxygen atoms in total. The second-order valence-corrected chi connectivity index (χ2v) is 6.53. The number of thioether (sulfide) groups is 1. The van der Waals surface area contributed by atoms with Crippen molar-refractivity contribution in [2.45, 2.75) is 4.90 Å². The number of rotatable bonds is 7. The summed E-state index contributed by atoms with van der Waals surface area (Å²) in [6.45, 7) is 0.109. The van der Waals surface area contributed by atoms with Crippen LogP contribution in [0.25, 0.3) is 0 Å². The van der Waals surface area contributed by atoms with Gasteiger partial charge in [0.25, 0.3) is 5.91 Å². The molecule has 1 amide bonds. The zero-order valence-corrected chi connectivity index (χ0v) is 15.0. The molecule has 138 valence electrons. The third kappa shape index (κ3) is 4.98. The maximum atomic E-state index is 13.6. The number of anilines is 1. The molecule has 1 aromatic heterocycles. The largest absolute Gasteiger partial charge is 0.461 e. The number of benzene rings is 2. The van der Waals surface area contributed by atoms with E-state index in [1.165, 1.54) is 30.2 Å². The number of para-hydroxylation sites is 1. The van der Waals surface area contributed by atoms with E-state index in [2.05, 4.69) is 5.32 Å². The predicted molar refractivity (Wildman–Crippen MR) is 101 cm³/mol. The van der Waals surface area contributed by atoms with Crippen LogP contribution < -0.4 is 5.32 Å². The van der Waals surface area contributed by atoms with Gasteiger partial charge in [0, 0.05) is 10.6 Å². The Hall–Kier alpha value is -3.06. The lowest BCUT2D eigenvalue weighted by molar-refractivity contribution is 0.0531. The summed E-state index contributed by atoms with van der Waals surface area (Å²) < 4.78 is 23.8. The number of furan rings is 1. The molecule has 0 radical (unpaired) electrons. The van der Waals surface area contributed by atoms with Crippen LogP contribution in [-0.2, 0) is 4.74 Å². The summed E-state index contributed by atoms with van der Waals surface area (Å²) in [6, 6.07) is 16.1. The van der Waals surface area contributed by atoms with Crippen LogP contribution in [0.4, 0.5) is 10.1 Å². The monoisotopic (exact) mass is 385 g/mol. The lowest BCUT2D eigenvalue weighted by Gasteiger charge is -2.10. The Balaban J connectivity index is 1.57. The fourth-order valence-electron chi connectivity index (χ4n) is 2.29. The summed E-state index contributed by atoms with van der Waals surface area (Å²) in [7, 11) is 0. The Morgan fingerprint density at radius 2 is 1.81 bits per heavy atom. The van der Waals surface area contributed by atoms with Crippen molar-refractivity contribution >= 4 is 29.3 Å². The van der Waals surface area contributed by atoms with Gasteiger partial charge in [-0.3, -0.25) is 4.79 Å². The first-order chi connectivity index (χ1) is 13.1. The van der Waals surface area contributed by atoms with E-state index in [-0.39, 0.29) is 23.7 Å². The summed E-state index contributed by atoms with van der Waals surface area (Å²) in [4.78, 5) is 24.9. The van der Waals surface area contributed by atoms with Crippen molar-refractivity contribution in [3.63, 3.8) is 0 Å². The molecule has 2 aromatic carbocycles. The van der Waals surface area contributed by atoms with Crippen LogP contribution in [-0.4, -0.2) is 24.2 Å². The van der Waals surface area contributed by atoms with E-state index in [4.69, 9.17) is 9.15 Å².